The van der Waals surface area contributed by atoms with Crippen LogP contribution in [0, 0.1) is 0 Å². The predicted octanol–water partition coefficient (Wildman–Crippen LogP) is 7.12. The number of thioether (sulfide) groups is 1. The highest BCUT2D eigenvalue weighted by molar-refractivity contribution is 7.99. The summed E-state index contributed by atoms with van der Waals surface area (Å²) in [5.41, 5.74) is 4.04. The molecular weight excluding hydrogens is 546 g/mol. The molecule has 2 N–H and O–H groups in total. The van der Waals surface area contributed by atoms with Crippen LogP contribution in [-0.2, 0) is 11.2 Å². The smallest absolute Gasteiger partial charge is 0.255 e. The Kier molecular flexibility index (Phi) is 9.82. The predicted molar refractivity (Wildman–Crippen MR) is 168 cm³/mol. The van der Waals surface area contributed by atoms with Gasteiger partial charge in [0.25, 0.3) is 5.91 Å². The number of para-hydroxylation sites is 2. The molecule has 0 spiro atoms. The molecule has 0 aliphatic carbocycles. The molecular formula is C33H37N5O3S. The van der Waals surface area contributed by atoms with E-state index in [4.69, 9.17) is 19.6 Å². The minimum atomic E-state index is -0.480. The largest absolute Gasteiger partial charge is 0.493 e. The Bertz CT molecular complexity index is 1520. The van der Waals surface area contributed by atoms with Crippen molar-refractivity contribution in [1.82, 2.24) is 14.8 Å². The van der Waals surface area contributed by atoms with E-state index in [1.165, 1.54) is 5.56 Å². The molecule has 8 nitrogen and oxygen atoms in total. The number of nitrogens with one attached hydrogen (secondary N) is 2. The Hall–Kier alpha value is -4.24. The summed E-state index contributed by atoms with van der Waals surface area (Å²) in [6.45, 7) is 7.07. The van der Waals surface area contributed by atoms with Crippen molar-refractivity contribution in [3.63, 3.8) is 0 Å². The van der Waals surface area contributed by atoms with Crippen LogP contribution in [-0.4, -0.2) is 39.6 Å². The molecule has 1 amide bonds. The van der Waals surface area contributed by atoms with Gasteiger partial charge in [-0.15, -0.1) is 5.10 Å². The second-order valence-electron chi connectivity index (χ2n) is 9.97. The Balaban J connectivity index is 1.42. The van der Waals surface area contributed by atoms with E-state index in [1.54, 1.807) is 11.8 Å². The molecule has 218 valence electrons. The van der Waals surface area contributed by atoms with Crippen LogP contribution >= 0.6 is 11.8 Å². The van der Waals surface area contributed by atoms with Gasteiger partial charge in [0, 0.05) is 17.9 Å². The fourth-order valence-electron chi connectivity index (χ4n) is 4.82. The van der Waals surface area contributed by atoms with Crippen LogP contribution in [0.3, 0.4) is 0 Å². The van der Waals surface area contributed by atoms with Crippen molar-refractivity contribution in [2.45, 2.75) is 51.2 Å². The van der Waals surface area contributed by atoms with E-state index in [0.717, 1.165) is 42.0 Å². The van der Waals surface area contributed by atoms with E-state index in [2.05, 4.69) is 29.7 Å². The number of amides is 1. The number of fused-ring (bicyclic) bond motifs is 1. The first kappa shape index (κ1) is 29.3. The molecule has 0 bridgehead atoms. The maximum atomic E-state index is 13.9. The van der Waals surface area contributed by atoms with Gasteiger partial charge in [0.1, 0.15) is 17.5 Å². The summed E-state index contributed by atoms with van der Waals surface area (Å²) >= 11 is 1.63. The highest BCUT2D eigenvalue weighted by Crippen LogP contribution is 2.38. The summed E-state index contributed by atoms with van der Waals surface area (Å²) in [5.74, 6) is 2.72. The van der Waals surface area contributed by atoms with Crippen LogP contribution in [0.5, 0.6) is 11.5 Å². The summed E-state index contributed by atoms with van der Waals surface area (Å²) in [4.78, 5) is 18.7. The molecule has 1 unspecified atom stereocenters. The third kappa shape index (κ3) is 6.97. The molecule has 1 aromatic heterocycles. The molecule has 3 aromatic carbocycles. The van der Waals surface area contributed by atoms with Crippen LogP contribution < -0.4 is 20.1 Å². The van der Waals surface area contributed by atoms with Crippen LogP contribution in [0.15, 0.2) is 95.3 Å². The van der Waals surface area contributed by atoms with Crippen molar-refractivity contribution >= 4 is 29.3 Å². The second kappa shape index (κ2) is 14.1. The summed E-state index contributed by atoms with van der Waals surface area (Å²) in [6, 6.07) is 25.2. The molecule has 4 aromatic rings. The highest BCUT2D eigenvalue weighted by Gasteiger charge is 2.34. The van der Waals surface area contributed by atoms with Gasteiger partial charge in [0.15, 0.2) is 0 Å². The Morgan fingerprint density at radius 1 is 1.00 bits per heavy atom. The number of rotatable bonds is 13. The number of unbranched alkanes of at least 4 members (excludes halogenated alkanes) is 1. The molecule has 1 aliphatic heterocycles. The maximum Gasteiger partial charge on any atom is 0.255 e. The first-order chi connectivity index (χ1) is 20.6. The van der Waals surface area contributed by atoms with Gasteiger partial charge in [-0.25, -0.2) is 4.68 Å². The zero-order valence-electron chi connectivity index (χ0n) is 24.3. The van der Waals surface area contributed by atoms with Gasteiger partial charge in [0.05, 0.1) is 24.5 Å². The standard InChI is InChI=1S/C33H37N5O3S/c1-4-6-22-42-33-36-32-34-23(3)29(31(39)35-27-14-10-11-15-28(27)40-5-2)30(38(32)37-33)25-16-18-26(19-17-25)41-21-20-24-12-8-7-9-13-24/h7-19,30H,4-6,20-22H2,1-3H3,(H,35,39)(H,34,36,37). The van der Waals surface area contributed by atoms with E-state index in [-0.39, 0.29) is 5.91 Å². The van der Waals surface area contributed by atoms with E-state index in [1.807, 2.05) is 85.3 Å². The molecule has 1 atom stereocenters. The number of carbonyl (C=O) groups excluding carboxylic acids is 1. The molecule has 0 saturated heterocycles. The average molecular weight is 584 g/mol. The van der Waals surface area contributed by atoms with Crippen molar-refractivity contribution in [2.24, 2.45) is 0 Å². The third-order valence-electron chi connectivity index (χ3n) is 6.94. The van der Waals surface area contributed by atoms with E-state index >= 15 is 0 Å². The SMILES string of the molecule is CCCCSc1nc2n(n1)C(c1ccc(OCCc3ccccc3)cc1)C(C(=O)Nc1ccccc1OCC)=C(C)N2. The Morgan fingerprint density at radius 3 is 2.52 bits per heavy atom. The van der Waals surface area contributed by atoms with E-state index in [9.17, 15) is 4.79 Å². The minimum Gasteiger partial charge on any atom is -0.493 e. The van der Waals surface area contributed by atoms with Crippen molar-refractivity contribution in [3.8, 4) is 11.5 Å². The number of nitrogens with zero attached hydrogens (tertiary/aromatic N) is 3. The van der Waals surface area contributed by atoms with Crippen LogP contribution in [0.1, 0.15) is 50.8 Å². The lowest BCUT2D eigenvalue weighted by Crippen LogP contribution is -2.31. The first-order valence-corrected chi connectivity index (χ1v) is 15.4. The van der Waals surface area contributed by atoms with Crippen molar-refractivity contribution in [2.75, 3.05) is 29.6 Å². The molecule has 9 heteroatoms. The van der Waals surface area contributed by atoms with E-state index < -0.39 is 6.04 Å². The maximum absolute atomic E-state index is 13.9. The fourth-order valence-corrected chi connectivity index (χ4v) is 5.73. The van der Waals surface area contributed by atoms with Gasteiger partial charge in [0.2, 0.25) is 11.1 Å². The zero-order chi connectivity index (χ0) is 29.3. The number of hydrogen-bond donors (Lipinski definition) is 2. The summed E-state index contributed by atoms with van der Waals surface area (Å²) in [7, 11) is 0. The molecule has 2 heterocycles. The molecule has 5 rings (SSSR count). The molecule has 0 fully saturated rings. The number of ether oxygens (including phenoxy) is 2. The summed E-state index contributed by atoms with van der Waals surface area (Å²) in [6.07, 6.45) is 3.02. The second-order valence-corrected chi connectivity index (χ2v) is 11.0. The van der Waals surface area contributed by atoms with Gasteiger partial charge in [-0.3, -0.25) is 4.79 Å². The minimum absolute atomic E-state index is 0.235. The number of benzene rings is 3. The lowest BCUT2D eigenvalue weighted by Gasteiger charge is -2.29. The van der Waals surface area contributed by atoms with Gasteiger partial charge < -0.3 is 20.1 Å². The topological polar surface area (TPSA) is 90.3 Å². The molecule has 42 heavy (non-hydrogen) atoms. The quantitative estimate of drug-likeness (QED) is 0.128. The fraction of sp³-hybridized carbons (Fsp3) is 0.303. The molecule has 1 aliphatic rings. The first-order valence-electron chi connectivity index (χ1n) is 14.4. The van der Waals surface area contributed by atoms with Crippen molar-refractivity contribution in [3.05, 3.63) is 101 Å². The zero-order valence-corrected chi connectivity index (χ0v) is 25.1. The number of allylic oxidation sites excluding steroid dienone is 1. The van der Waals surface area contributed by atoms with Crippen LogP contribution in [0.4, 0.5) is 11.6 Å². The van der Waals surface area contributed by atoms with Gasteiger partial charge in [-0.2, -0.15) is 4.98 Å². The number of hydrogen-bond acceptors (Lipinski definition) is 7. The summed E-state index contributed by atoms with van der Waals surface area (Å²) < 4.78 is 13.6. The Morgan fingerprint density at radius 2 is 1.76 bits per heavy atom. The number of aromatic nitrogens is 3. The van der Waals surface area contributed by atoms with Gasteiger partial charge in [-0.1, -0.05) is 79.7 Å². The number of anilines is 2. The Labute approximate surface area is 251 Å². The van der Waals surface area contributed by atoms with Crippen LogP contribution in [0.2, 0.25) is 0 Å². The van der Waals surface area contributed by atoms with Crippen LogP contribution in [0.25, 0.3) is 0 Å². The lowest BCUT2D eigenvalue weighted by molar-refractivity contribution is -0.113. The molecule has 0 radical (unpaired) electrons. The van der Waals surface area contributed by atoms with Gasteiger partial charge >= 0.3 is 0 Å². The lowest BCUT2D eigenvalue weighted by atomic mass is 9.95. The van der Waals surface area contributed by atoms with Crippen molar-refractivity contribution in [1.29, 1.82) is 0 Å². The third-order valence-corrected chi connectivity index (χ3v) is 7.86. The highest BCUT2D eigenvalue weighted by atomic mass is 32.2. The normalized spacial score (nSPS) is 14.2. The van der Waals surface area contributed by atoms with E-state index in [0.29, 0.717) is 41.3 Å². The molecule has 0 saturated carbocycles. The number of carbonyl (C=O) groups is 1. The average Bonchev–Trinajstić information content (AvgIpc) is 3.41. The van der Waals surface area contributed by atoms with Gasteiger partial charge in [-0.05, 0) is 55.7 Å². The van der Waals surface area contributed by atoms with Crippen molar-refractivity contribution < 1.29 is 14.3 Å². The monoisotopic (exact) mass is 583 g/mol. The summed E-state index contributed by atoms with van der Waals surface area (Å²) in [5, 5.41) is 11.9.